The van der Waals surface area contributed by atoms with Crippen LogP contribution in [0.25, 0.3) is 0 Å². The lowest BCUT2D eigenvalue weighted by molar-refractivity contribution is 0.0952. The summed E-state index contributed by atoms with van der Waals surface area (Å²) in [5.74, 6) is -2.08. The zero-order valence-electron chi connectivity index (χ0n) is 11.6. The molecule has 0 unspecified atom stereocenters. The lowest BCUT2D eigenvalue weighted by Crippen LogP contribution is -2.25. The Labute approximate surface area is 126 Å². The summed E-state index contributed by atoms with van der Waals surface area (Å²) in [6.45, 7) is 0.270. The van der Waals surface area contributed by atoms with Crippen molar-refractivity contribution in [1.29, 1.82) is 0 Å². The third-order valence-electron chi connectivity index (χ3n) is 3.10. The molecular formula is C16H15F2NO3. The maximum atomic E-state index is 13.0. The molecule has 22 heavy (non-hydrogen) atoms. The van der Waals surface area contributed by atoms with E-state index in [0.717, 1.165) is 12.1 Å². The molecule has 0 aliphatic rings. The average Bonchev–Trinajstić information content (AvgIpc) is 2.45. The highest BCUT2D eigenvalue weighted by Gasteiger charge is 2.09. The van der Waals surface area contributed by atoms with Gasteiger partial charge in [-0.3, -0.25) is 4.79 Å². The van der Waals surface area contributed by atoms with Gasteiger partial charge in [-0.25, -0.2) is 8.78 Å². The molecule has 2 aromatic rings. The first-order chi connectivity index (χ1) is 10.5. The van der Waals surface area contributed by atoms with E-state index < -0.39 is 17.5 Å². The Kier molecular flexibility index (Phi) is 4.93. The predicted octanol–water partition coefficient (Wildman–Crippen LogP) is 2.74. The van der Waals surface area contributed by atoms with Crippen LogP contribution in [0, 0.1) is 11.6 Å². The SMILES string of the molecule is O=C(NCCCc1cc(O)ccc1O)c1cc(F)cc(F)c1. The highest BCUT2D eigenvalue weighted by Crippen LogP contribution is 2.23. The van der Waals surface area contributed by atoms with Gasteiger partial charge in [0.2, 0.25) is 0 Å². The molecule has 0 aliphatic carbocycles. The Bertz CT molecular complexity index is 669. The third-order valence-corrected chi connectivity index (χ3v) is 3.10. The van der Waals surface area contributed by atoms with Crippen molar-refractivity contribution in [1.82, 2.24) is 5.32 Å². The zero-order valence-corrected chi connectivity index (χ0v) is 11.6. The normalized spacial score (nSPS) is 10.5. The number of benzene rings is 2. The molecule has 3 N–H and O–H groups in total. The van der Waals surface area contributed by atoms with Crippen LogP contribution in [0.2, 0.25) is 0 Å². The molecule has 0 spiro atoms. The molecule has 0 saturated heterocycles. The first-order valence-corrected chi connectivity index (χ1v) is 6.71. The molecule has 2 rings (SSSR count). The largest absolute Gasteiger partial charge is 0.508 e. The molecule has 6 heteroatoms. The lowest BCUT2D eigenvalue weighted by Gasteiger charge is -2.07. The van der Waals surface area contributed by atoms with Gasteiger partial charge in [0.1, 0.15) is 23.1 Å². The minimum atomic E-state index is -0.810. The number of aryl methyl sites for hydroxylation is 1. The van der Waals surface area contributed by atoms with Crippen molar-refractivity contribution < 1.29 is 23.8 Å². The van der Waals surface area contributed by atoms with Gasteiger partial charge in [-0.1, -0.05) is 0 Å². The molecule has 0 heterocycles. The van der Waals surface area contributed by atoms with E-state index in [2.05, 4.69) is 5.32 Å². The molecule has 0 saturated carbocycles. The van der Waals surface area contributed by atoms with E-state index in [4.69, 9.17) is 0 Å². The molecular weight excluding hydrogens is 292 g/mol. The van der Waals surface area contributed by atoms with Gasteiger partial charge in [-0.15, -0.1) is 0 Å². The second-order valence-corrected chi connectivity index (χ2v) is 4.83. The molecule has 0 bridgehead atoms. The van der Waals surface area contributed by atoms with Crippen molar-refractivity contribution in [3.05, 3.63) is 59.2 Å². The van der Waals surface area contributed by atoms with Crippen LogP contribution in [-0.4, -0.2) is 22.7 Å². The Morgan fingerprint density at radius 3 is 2.41 bits per heavy atom. The first kappa shape index (κ1) is 15.8. The van der Waals surface area contributed by atoms with E-state index in [9.17, 15) is 23.8 Å². The predicted molar refractivity (Wildman–Crippen MR) is 76.8 cm³/mol. The van der Waals surface area contributed by atoms with Crippen LogP contribution in [0.1, 0.15) is 22.3 Å². The number of aromatic hydroxyl groups is 2. The van der Waals surface area contributed by atoms with E-state index in [0.29, 0.717) is 24.5 Å². The molecule has 2 aromatic carbocycles. The fourth-order valence-electron chi connectivity index (χ4n) is 2.04. The van der Waals surface area contributed by atoms with Gasteiger partial charge in [0.05, 0.1) is 0 Å². The van der Waals surface area contributed by atoms with Crippen LogP contribution in [0.4, 0.5) is 8.78 Å². The van der Waals surface area contributed by atoms with Gasteiger partial charge in [0.25, 0.3) is 5.91 Å². The Morgan fingerprint density at radius 1 is 1.05 bits per heavy atom. The summed E-state index contributed by atoms with van der Waals surface area (Å²) in [5, 5.41) is 21.5. The van der Waals surface area contributed by atoms with Crippen molar-refractivity contribution in [3.8, 4) is 11.5 Å². The number of amides is 1. The van der Waals surface area contributed by atoms with E-state index >= 15 is 0 Å². The van der Waals surface area contributed by atoms with Crippen LogP contribution in [0.5, 0.6) is 11.5 Å². The number of carbonyl (C=O) groups is 1. The van der Waals surface area contributed by atoms with Crippen molar-refractivity contribution in [2.45, 2.75) is 12.8 Å². The highest BCUT2D eigenvalue weighted by molar-refractivity contribution is 5.94. The topological polar surface area (TPSA) is 69.6 Å². The third kappa shape index (κ3) is 4.18. The van der Waals surface area contributed by atoms with Gasteiger partial charge in [0, 0.05) is 18.2 Å². The Hall–Kier alpha value is -2.63. The second kappa shape index (κ2) is 6.89. The van der Waals surface area contributed by atoms with E-state index in [-0.39, 0.29) is 23.6 Å². The molecule has 0 aromatic heterocycles. The molecule has 0 fully saturated rings. The highest BCUT2D eigenvalue weighted by atomic mass is 19.1. The van der Waals surface area contributed by atoms with Gasteiger partial charge < -0.3 is 15.5 Å². The summed E-state index contributed by atoms with van der Waals surface area (Å²) < 4.78 is 26.0. The Morgan fingerprint density at radius 2 is 1.73 bits per heavy atom. The molecule has 116 valence electrons. The number of halogens is 2. The number of hydrogen-bond acceptors (Lipinski definition) is 3. The van der Waals surface area contributed by atoms with Crippen molar-refractivity contribution in [2.24, 2.45) is 0 Å². The fraction of sp³-hybridized carbons (Fsp3) is 0.188. The minimum Gasteiger partial charge on any atom is -0.508 e. The molecule has 0 radical (unpaired) electrons. The van der Waals surface area contributed by atoms with Crippen LogP contribution in [-0.2, 0) is 6.42 Å². The van der Waals surface area contributed by atoms with E-state index in [1.807, 2.05) is 0 Å². The summed E-state index contributed by atoms with van der Waals surface area (Å²) in [6, 6.07) is 6.82. The average molecular weight is 307 g/mol. The van der Waals surface area contributed by atoms with Gasteiger partial charge in [-0.2, -0.15) is 0 Å². The van der Waals surface area contributed by atoms with Crippen LogP contribution >= 0.6 is 0 Å². The standard InChI is InChI=1S/C16H15F2NO3/c17-12-6-11(7-13(18)9-12)16(22)19-5-1-2-10-8-14(20)3-4-15(10)21/h3-4,6-9,20-21H,1-2,5H2,(H,19,22). The number of rotatable bonds is 5. The van der Waals surface area contributed by atoms with Crippen molar-refractivity contribution in [3.63, 3.8) is 0 Å². The van der Waals surface area contributed by atoms with Crippen LogP contribution in [0.3, 0.4) is 0 Å². The molecule has 4 nitrogen and oxygen atoms in total. The summed E-state index contributed by atoms with van der Waals surface area (Å²) in [6.07, 6.45) is 0.943. The smallest absolute Gasteiger partial charge is 0.251 e. The summed E-state index contributed by atoms with van der Waals surface area (Å²) in [5.41, 5.74) is 0.476. The van der Waals surface area contributed by atoms with Gasteiger partial charge >= 0.3 is 0 Å². The summed E-state index contributed by atoms with van der Waals surface area (Å²) >= 11 is 0. The quantitative estimate of drug-likeness (QED) is 0.587. The number of hydrogen-bond donors (Lipinski definition) is 3. The lowest BCUT2D eigenvalue weighted by atomic mass is 10.1. The second-order valence-electron chi connectivity index (χ2n) is 4.83. The number of phenolic OH excluding ortho intramolecular Hbond substituents is 2. The number of phenols is 2. The van der Waals surface area contributed by atoms with Crippen LogP contribution in [0.15, 0.2) is 36.4 Å². The number of carbonyl (C=O) groups excluding carboxylic acids is 1. The van der Waals surface area contributed by atoms with Crippen LogP contribution < -0.4 is 5.32 Å². The first-order valence-electron chi connectivity index (χ1n) is 6.71. The van der Waals surface area contributed by atoms with Crippen molar-refractivity contribution in [2.75, 3.05) is 6.54 Å². The molecule has 0 atom stereocenters. The zero-order chi connectivity index (χ0) is 16.1. The maximum absolute atomic E-state index is 13.0. The fourth-order valence-corrected chi connectivity index (χ4v) is 2.04. The van der Waals surface area contributed by atoms with Gasteiger partial charge in [-0.05, 0) is 48.7 Å². The number of nitrogens with one attached hydrogen (secondary N) is 1. The van der Waals surface area contributed by atoms with Crippen molar-refractivity contribution >= 4 is 5.91 Å². The molecule has 1 amide bonds. The monoisotopic (exact) mass is 307 g/mol. The minimum absolute atomic E-state index is 0.0482. The summed E-state index contributed by atoms with van der Waals surface area (Å²) in [7, 11) is 0. The molecule has 0 aliphatic heterocycles. The van der Waals surface area contributed by atoms with E-state index in [1.165, 1.54) is 18.2 Å². The van der Waals surface area contributed by atoms with Gasteiger partial charge in [0.15, 0.2) is 0 Å². The maximum Gasteiger partial charge on any atom is 0.251 e. The van der Waals surface area contributed by atoms with E-state index in [1.54, 1.807) is 0 Å². The Balaban J connectivity index is 1.86. The summed E-state index contributed by atoms with van der Waals surface area (Å²) in [4.78, 5) is 11.7.